The van der Waals surface area contributed by atoms with Crippen molar-refractivity contribution >= 4 is 23.5 Å². The zero-order valence-corrected chi connectivity index (χ0v) is 10.4. The highest BCUT2D eigenvalue weighted by atomic mass is 32.2. The molecule has 0 bridgehead atoms. The first kappa shape index (κ1) is 13.7. The predicted octanol–water partition coefficient (Wildman–Crippen LogP) is 0.0304. The van der Waals surface area contributed by atoms with Gasteiger partial charge in [-0.25, -0.2) is 9.97 Å². The van der Waals surface area contributed by atoms with E-state index in [-0.39, 0.29) is 23.1 Å². The maximum absolute atomic E-state index is 10.7. The third-order valence-electron chi connectivity index (χ3n) is 1.82. The van der Waals surface area contributed by atoms with Crippen molar-refractivity contribution in [3.63, 3.8) is 0 Å². The number of nitrogens with two attached hydrogens (primary N) is 1. The van der Waals surface area contributed by atoms with Gasteiger partial charge in [0, 0.05) is 19.2 Å². The van der Waals surface area contributed by atoms with E-state index < -0.39 is 0 Å². The van der Waals surface area contributed by atoms with Gasteiger partial charge in [-0.1, -0.05) is 0 Å². The monoisotopic (exact) mass is 262 g/mol. The average Bonchev–Trinajstić information content (AvgIpc) is 2.34. The summed E-state index contributed by atoms with van der Waals surface area (Å²) in [5.41, 5.74) is 5.53. The summed E-state index contributed by atoms with van der Waals surface area (Å²) in [7, 11) is 0. The molecule has 0 aromatic carbocycles. The van der Waals surface area contributed by atoms with E-state index in [2.05, 4.69) is 15.3 Å². The number of thioether (sulfide) groups is 1. The lowest BCUT2D eigenvalue weighted by Gasteiger charge is -2.05. The molecule has 1 amide bonds. The molecule has 1 aromatic heterocycles. The van der Waals surface area contributed by atoms with E-state index in [1.165, 1.54) is 18.7 Å². The van der Waals surface area contributed by atoms with Crippen LogP contribution in [0.3, 0.4) is 0 Å². The van der Waals surface area contributed by atoms with E-state index in [4.69, 9.17) is 16.3 Å². The Morgan fingerprint density at radius 1 is 1.39 bits per heavy atom. The lowest BCUT2D eigenvalue weighted by molar-refractivity contribution is -0.118. The molecule has 1 heterocycles. The second-order valence-corrected chi connectivity index (χ2v) is 4.25. The van der Waals surface area contributed by atoms with Crippen LogP contribution in [-0.4, -0.2) is 28.2 Å². The Morgan fingerprint density at radius 2 is 2.06 bits per heavy atom. The van der Waals surface area contributed by atoms with E-state index in [1.54, 1.807) is 6.07 Å². The van der Waals surface area contributed by atoms with Gasteiger partial charge in [0.1, 0.15) is 17.2 Å². The maximum Gasteiger partial charge on any atom is 0.216 e. The van der Waals surface area contributed by atoms with Crippen molar-refractivity contribution in [2.75, 3.05) is 18.0 Å². The van der Waals surface area contributed by atoms with Crippen molar-refractivity contribution in [3.05, 3.63) is 11.4 Å². The Hall–Kier alpha value is -2.32. The molecule has 1 rings (SSSR count). The summed E-state index contributed by atoms with van der Waals surface area (Å²) >= 11 is 1.25. The average molecular weight is 262 g/mol. The molecule has 0 saturated carbocycles. The highest BCUT2D eigenvalue weighted by molar-refractivity contribution is 7.99. The minimum absolute atomic E-state index is 0.00136. The van der Waals surface area contributed by atoms with Crippen LogP contribution >= 0.6 is 11.8 Å². The molecule has 0 unspecified atom stereocenters. The SMILES string of the molecule is CC(=O)NCCSc1nc(N)c(C#N)nc1C#N. The summed E-state index contributed by atoms with van der Waals surface area (Å²) in [5, 5.41) is 20.6. The molecule has 8 heteroatoms. The minimum atomic E-state index is -0.124. The van der Waals surface area contributed by atoms with Crippen LogP contribution in [0.25, 0.3) is 0 Å². The number of rotatable bonds is 4. The molecular formula is C10H10N6OS. The molecule has 0 aliphatic rings. The molecule has 1 aromatic rings. The van der Waals surface area contributed by atoms with Crippen LogP contribution in [0, 0.1) is 22.7 Å². The first-order chi connectivity index (χ1) is 8.58. The number of nitrogens with zero attached hydrogens (tertiary/aromatic N) is 4. The van der Waals surface area contributed by atoms with Crippen LogP contribution < -0.4 is 11.1 Å². The van der Waals surface area contributed by atoms with E-state index >= 15 is 0 Å². The van der Waals surface area contributed by atoms with Gasteiger partial charge in [-0.05, 0) is 0 Å². The summed E-state index contributed by atoms with van der Waals surface area (Å²) in [6, 6.07) is 3.62. The van der Waals surface area contributed by atoms with Crippen LogP contribution in [0.1, 0.15) is 18.3 Å². The quantitative estimate of drug-likeness (QED) is 0.578. The zero-order chi connectivity index (χ0) is 13.5. The second-order valence-electron chi connectivity index (χ2n) is 3.17. The molecule has 0 spiro atoms. The van der Waals surface area contributed by atoms with Gasteiger partial charge in [0.05, 0.1) is 0 Å². The predicted molar refractivity (Wildman–Crippen MR) is 65.3 cm³/mol. The van der Waals surface area contributed by atoms with E-state index in [1.807, 2.05) is 6.07 Å². The first-order valence-electron chi connectivity index (χ1n) is 4.93. The number of carbonyl (C=O) groups excluding carboxylic acids is 1. The van der Waals surface area contributed by atoms with Crippen molar-refractivity contribution in [1.82, 2.24) is 15.3 Å². The van der Waals surface area contributed by atoms with Gasteiger partial charge in [0.25, 0.3) is 0 Å². The molecule has 18 heavy (non-hydrogen) atoms. The number of nitriles is 2. The van der Waals surface area contributed by atoms with Crippen molar-refractivity contribution in [1.29, 1.82) is 10.5 Å². The summed E-state index contributed by atoms with van der Waals surface area (Å²) < 4.78 is 0. The van der Waals surface area contributed by atoms with Gasteiger partial charge in [-0.3, -0.25) is 4.79 Å². The standard InChI is InChI=1S/C10H10N6OS/c1-6(17)14-2-3-18-10-8(5-12)15-7(4-11)9(13)16-10/h2-3H2,1H3,(H2,13,16)(H,14,17). The molecule has 0 saturated heterocycles. The second kappa shape index (κ2) is 6.42. The smallest absolute Gasteiger partial charge is 0.216 e. The molecule has 7 nitrogen and oxygen atoms in total. The number of carbonyl (C=O) groups is 1. The third-order valence-corrected chi connectivity index (χ3v) is 2.78. The van der Waals surface area contributed by atoms with Crippen molar-refractivity contribution in [2.24, 2.45) is 0 Å². The summed E-state index contributed by atoms with van der Waals surface area (Å²) in [6.45, 7) is 1.87. The number of amides is 1. The van der Waals surface area contributed by atoms with Crippen LogP contribution in [0.2, 0.25) is 0 Å². The number of hydrogen-bond acceptors (Lipinski definition) is 7. The number of nitrogens with one attached hydrogen (secondary N) is 1. The van der Waals surface area contributed by atoms with E-state index in [0.717, 1.165) is 0 Å². The van der Waals surface area contributed by atoms with Crippen LogP contribution in [0.4, 0.5) is 5.82 Å². The summed E-state index contributed by atoms with van der Waals surface area (Å²) in [6.07, 6.45) is 0. The summed E-state index contributed by atoms with van der Waals surface area (Å²) in [4.78, 5) is 18.4. The molecule has 0 aliphatic heterocycles. The molecule has 0 radical (unpaired) electrons. The fourth-order valence-electron chi connectivity index (χ4n) is 1.06. The Bertz CT molecular complexity index is 545. The lowest BCUT2D eigenvalue weighted by atomic mass is 10.4. The maximum atomic E-state index is 10.7. The van der Waals surface area contributed by atoms with Gasteiger partial charge in [0.2, 0.25) is 5.91 Å². The molecule has 92 valence electrons. The van der Waals surface area contributed by atoms with Gasteiger partial charge < -0.3 is 11.1 Å². The minimum Gasteiger partial charge on any atom is -0.381 e. The first-order valence-corrected chi connectivity index (χ1v) is 5.92. The summed E-state index contributed by atoms with van der Waals surface area (Å²) in [5.74, 6) is 0.411. The molecular weight excluding hydrogens is 252 g/mol. The van der Waals surface area contributed by atoms with Gasteiger partial charge >= 0.3 is 0 Å². The number of anilines is 1. The van der Waals surface area contributed by atoms with Gasteiger partial charge in [-0.2, -0.15) is 10.5 Å². The Morgan fingerprint density at radius 3 is 2.61 bits per heavy atom. The Labute approximate surface area is 108 Å². The van der Waals surface area contributed by atoms with Crippen molar-refractivity contribution in [2.45, 2.75) is 11.9 Å². The fourth-order valence-corrected chi connectivity index (χ4v) is 1.85. The largest absolute Gasteiger partial charge is 0.381 e. The third kappa shape index (κ3) is 3.61. The van der Waals surface area contributed by atoms with E-state index in [0.29, 0.717) is 17.3 Å². The highest BCUT2D eigenvalue weighted by Gasteiger charge is 2.11. The Kier molecular flexibility index (Phi) is 4.90. The van der Waals surface area contributed by atoms with Crippen LogP contribution in [0.15, 0.2) is 5.03 Å². The van der Waals surface area contributed by atoms with Crippen molar-refractivity contribution < 1.29 is 4.79 Å². The van der Waals surface area contributed by atoms with Gasteiger partial charge in [-0.15, -0.1) is 11.8 Å². The van der Waals surface area contributed by atoms with Crippen LogP contribution in [0.5, 0.6) is 0 Å². The molecule has 0 aliphatic carbocycles. The van der Waals surface area contributed by atoms with E-state index in [9.17, 15) is 4.79 Å². The van der Waals surface area contributed by atoms with Crippen molar-refractivity contribution in [3.8, 4) is 12.1 Å². The van der Waals surface area contributed by atoms with Gasteiger partial charge in [0.15, 0.2) is 17.2 Å². The Balaban J connectivity index is 2.77. The zero-order valence-electron chi connectivity index (χ0n) is 9.60. The number of aromatic nitrogens is 2. The number of hydrogen-bond donors (Lipinski definition) is 2. The molecule has 0 fully saturated rings. The highest BCUT2D eigenvalue weighted by Crippen LogP contribution is 2.20. The molecule has 0 atom stereocenters. The topological polar surface area (TPSA) is 128 Å². The van der Waals surface area contributed by atoms with Crippen LogP contribution in [-0.2, 0) is 4.79 Å². The number of nitrogen functional groups attached to an aromatic ring is 1. The normalized spacial score (nSPS) is 9.28. The molecule has 3 N–H and O–H groups in total. The lowest BCUT2D eigenvalue weighted by Crippen LogP contribution is -2.22. The fraction of sp³-hybridized carbons (Fsp3) is 0.300.